The fourth-order valence-corrected chi connectivity index (χ4v) is 4.50. The zero-order valence-corrected chi connectivity index (χ0v) is 17.2. The van der Waals surface area contributed by atoms with Crippen molar-refractivity contribution < 1.29 is 19.0 Å². The number of carboxylic acid groups (broad SMARTS) is 1. The van der Waals surface area contributed by atoms with Crippen LogP contribution in [0.3, 0.4) is 0 Å². The number of rotatable bonds is 6. The number of aliphatic imine (C=N–C) groups is 1. The molecule has 0 bridgehead atoms. The highest BCUT2D eigenvalue weighted by molar-refractivity contribution is 8.14. The summed E-state index contributed by atoms with van der Waals surface area (Å²) in [5.41, 5.74) is 0.00259. The molecular formula is C20H15Cl2FN2O3S. The highest BCUT2D eigenvalue weighted by Crippen LogP contribution is 2.33. The van der Waals surface area contributed by atoms with Gasteiger partial charge in [-0.2, -0.15) is 0 Å². The average molecular weight is 453 g/mol. The van der Waals surface area contributed by atoms with Crippen LogP contribution >= 0.6 is 35.0 Å². The average Bonchev–Trinajstić information content (AvgIpc) is 3.27. The van der Waals surface area contributed by atoms with E-state index in [-0.39, 0.29) is 24.6 Å². The molecule has 0 saturated carbocycles. The van der Waals surface area contributed by atoms with Gasteiger partial charge in [-0.3, -0.25) is 4.99 Å². The zero-order chi connectivity index (χ0) is 20.6. The lowest BCUT2D eigenvalue weighted by Crippen LogP contribution is -2.39. The topological polar surface area (TPSA) is 74.7 Å². The number of benzene rings is 2. The van der Waals surface area contributed by atoms with E-state index in [1.165, 1.54) is 23.9 Å². The summed E-state index contributed by atoms with van der Waals surface area (Å²) in [5, 5.41) is 12.1. The molecule has 2 N–H and O–H groups in total. The van der Waals surface area contributed by atoms with E-state index in [4.69, 9.17) is 27.9 Å². The van der Waals surface area contributed by atoms with Gasteiger partial charge in [0, 0.05) is 29.5 Å². The summed E-state index contributed by atoms with van der Waals surface area (Å²) in [7, 11) is 0. The van der Waals surface area contributed by atoms with Gasteiger partial charge in [0.1, 0.15) is 23.2 Å². The molecule has 1 aliphatic rings. The van der Waals surface area contributed by atoms with Crippen molar-refractivity contribution in [3.8, 4) is 5.75 Å². The second-order valence-electron chi connectivity index (χ2n) is 6.70. The van der Waals surface area contributed by atoms with E-state index in [1.807, 2.05) is 6.07 Å². The monoisotopic (exact) mass is 452 g/mol. The Morgan fingerprint density at radius 2 is 2.07 bits per heavy atom. The van der Waals surface area contributed by atoms with E-state index in [0.717, 1.165) is 5.39 Å². The van der Waals surface area contributed by atoms with Crippen LogP contribution in [0.25, 0.3) is 10.9 Å². The van der Waals surface area contributed by atoms with E-state index in [0.29, 0.717) is 32.0 Å². The van der Waals surface area contributed by atoms with Crippen molar-refractivity contribution >= 4 is 56.9 Å². The Hall–Kier alpha value is -2.22. The molecule has 0 fully saturated rings. The number of hydrogen-bond donors (Lipinski definition) is 2. The minimum absolute atomic E-state index is 0.134. The lowest BCUT2D eigenvalue weighted by Gasteiger charge is -2.19. The second kappa shape index (κ2) is 7.89. The van der Waals surface area contributed by atoms with Crippen LogP contribution in [0.15, 0.2) is 47.5 Å². The molecule has 0 aliphatic carbocycles. The Morgan fingerprint density at radius 1 is 1.24 bits per heavy atom. The molecule has 2 heterocycles. The summed E-state index contributed by atoms with van der Waals surface area (Å²) in [6.07, 6.45) is 0.169. The van der Waals surface area contributed by atoms with Gasteiger partial charge < -0.3 is 14.8 Å². The maximum absolute atomic E-state index is 13.4. The first-order valence-electron chi connectivity index (χ1n) is 8.65. The summed E-state index contributed by atoms with van der Waals surface area (Å²) in [6.45, 7) is 0.134. The Balaban J connectivity index is 1.52. The third-order valence-corrected chi connectivity index (χ3v) is 6.49. The van der Waals surface area contributed by atoms with Gasteiger partial charge in [-0.05, 0) is 41.8 Å². The van der Waals surface area contributed by atoms with Gasteiger partial charge in [-0.1, -0.05) is 23.2 Å². The van der Waals surface area contributed by atoms with Gasteiger partial charge in [0.2, 0.25) is 0 Å². The van der Waals surface area contributed by atoms with Crippen molar-refractivity contribution in [3.05, 3.63) is 64.0 Å². The molecule has 4 rings (SSSR count). The van der Waals surface area contributed by atoms with Crippen LogP contribution in [0.4, 0.5) is 4.39 Å². The summed E-state index contributed by atoms with van der Waals surface area (Å²) >= 11 is 13.2. The normalized spacial score (nSPS) is 18.8. The molecule has 29 heavy (non-hydrogen) atoms. The molecule has 1 unspecified atom stereocenters. The first-order valence-corrected chi connectivity index (χ1v) is 10.4. The van der Waals surface area contributed by atoms with E-state index >= 15 is 0 Å². The van der Waals surface area contributed by atoms with E-state index in [1.54, 1.807) is 24.3 Å². The summed E-state index contributed by atoms with van der Waals surface area (Å²) in [6, 6.07) is 11.1. The maximum Gasteiger partial charge on any atom is 0.332 e. The number of aromatic nitrogens is 1. The molecule has 0 radical (unpaired) electrons. The standard InChI is InChI=1S/C20H15Cl2FN2O3S/c21-15-4-3-14(7-16(15)22)28-9-18-25-20(10-29-18,19(26)27)8-13-5-11-1-2-12(23)6-17(11)24-13/h1-7,24H,8-10H2,(H,26,27). The molecule has 2 aromatic carbocycles. The maximum atomic E-state index is 13.4. The van der Waals surface area contributed by atoms with Crippen LogP contribution < -0.4 is 4.74 Å². The second-order valence-corrected chi connectivity index (χ2v) is 8.56. The van der Waals surface area contributed by atoms with Gasteiger partial charge in [0.05, 0.1) is 10.0 Å². The fourth-order valence-electron chi connectivity index (χ4n) is 3.14. The molecule has 1 atom stereocenters. The molecule has 150 valence electrons. The molecule has 3 aromatic rings. The van der Waals surface area contributed by atoms with Gasteiger partial charge in [-0.15, -0.1) is 11.8 Å². The smallest absolute Gasteiger partial charge is 0.332 e. The quantitative estimate of drug-likeness (QED) is 0.538. The largest absolute Gasteiger partial charge is 0.487 e. The number of nitrogens with zero attached hydrogens (tertiary/aromatic N) is 1. The van der Waals surface area contributed by atoms with Crippen LogP contribution in [0.1, 0.15) is 5.69 Å². The van der Waals surface area contributed by atoms with Gasteiger partial charge in [-0.25, -0.2) is 9.18 Å². The Kier molecular flexibility index (Phi) is 5.46. The number of hydrogen-bond acceptors (Lipinski definition) is 4. The molecular weight excluding hydrogens is 438 g/mol. The summed E-state index contributed by atoms with van der Waals surface area (Å²) in [5.74, 6) is -0.561. The van der Waals surface area contributed by atoms with Crippen molar-refractivity contribution in [2.45, 2.75) is 12.0 Å². The lowest BCUT2D eigenvalue weighted by molar-refractivity contribution is -0.142. The van der Waals surface area contributed by atoms with Crippen molar-refractivity contribution in [2.24, 2.45) is 4.99 Å². The van der Waals surface area contributed by atoms with E-state index < -0.39 is 11.5 Å². The molecule has 0 saturated heterocycles. The molecule has 0 amide bonds. The third kappa shape index (κ3) is 4.22. The van der Waals surface area contributed by atoms with Crippen LogP contribution in [-0.4, -0.2) is 39.0 Å². The SMILES string of the molecule is O=C(O)C1(Cc2cc3ccc(F)cc3[nH]2)CSC(COc2ccc(Cl)c(Cl)c2)=N1. The van der Waals surface area contributed by atoms with Crippen LogP contribution in [-0.2, 0) is 11.2 Å². The molecule has 1 aliphatic heterocycles. The van der Waals surface area contributed by atoms with E-state index in [2.05, 4.69) is 9.98 Å². The number of ether oxygens (including phenoxy) is 1. The Bertz CT molecular complexity index is 1130. The number of fused-ring (bicyclic) bond motifs is 1. The number of aliphatic carboxylic acids is 1. The summed E-state index contributed by atoms with van der Waals surface area (Å²) < 4.78 is 19.1. The molecule has 5 nitrogen and oxygen atoms in total. The number of nitrogens with one attached hydrogen (secondary N) is 1. The fraction of sp³-hybridized carbons (Fsp3) is 0.200. The van der Waals surface area contributed by atoms with Gasteiger partial charge >= 0.3 is 5.97 Å². The summed E-state index contributed by atoms with van der Waals surface area (Å²) in [4.78, 5) is 19.6. The zero-order valence-electron chi connectivity index (χ0n) is 14.9. The minimum Gasteiger partial charge on any atom is -0.487 e. The highest BCUT2D eigenvalue weighted by atomic mass is 35.5. The first-order chi connectivity index (χ1) is 13.8. The number of H-pyrrole nitrogens is 1. The van der Waals surface area contributed by atoms with Gasteiger partial charge in [0.15, 0.2) is 5.54 Å². The predicted molar refractivity (Wildman–Crippen MR) is 114 cm³/mol. The third-order valence-electron chi connectivity index (χ3n) is 4.59. The number of carbonyl (C=O) groups is 1. The first kappa shape index (κ1) is 20.1. The number of thioether (sulfide) groups is 1. The molecule has 0 spiro atoms. The van der Waals surface area contributed by atoms with Crippen LogP contribution in [0, 0.1) is 5.82 Å². The number of carboxylic acids is 1. The van der Waals surface area contributed by atoms with Gasteiger partial charge in [0.25, 0.3) is 0 Å². The van der Waals surface area contributed by atoms with E-state index in [9.17, 15) is 14.3 Å². The number of halogens is 3. The Morgan fingerprint density at radius 3 is 2.83 bits per heavy atom. The molecule has 9 heteroatoms. The number of aromatic amines is 1. The Labute approximate surface area is 179 Å². The minimum atomic E-state index is -1.31. The van der Waals surface area contributed by atoms with Crippen molar-refractivity contribution in [1.29, 1.82) is 0 Å². The predicted octanol–water partition coefficient (Wildman–Crippen LogP) is 5.20. The van der Waals surface area contributed by atoms with Crippen LogP contribution in [0.5, 0.6) is 5.75 Å². The lowest BCUT2D eigenvalue weighted by atomic mass is 9.96. The van der Waals surface area contributed by atoms with Crippen molar-refractivity contribution in [1.82, 2.24) is 4.98 Å². The van der Waals surface area contributed by atoms with Crippen LogP contribution in [0.2, 0.25) is 10.0 Å². The molecule has 1 aromatic heterocycles. The van der Waals surface area contributed by atoms with Crippen molar-refractivity contribution in [2.75, 3.05) is 12.4 Å². The van der Waals surface area contributed by atoms with Crippen molar-refractivity contribution in [3.63, 3.8) is 0 Å². The highest BCUT2D eigenvalue weighted by Gasteiger charge is 2.43.